The lowest BCUT2D eigenvalue weighted by molar-refractivity contribution is 0.178. The van der Waals surface area contributed by atoms with Gasteiger partial charge in [-0.1, -0.05) is 0 Å². The molecule has 1 saturated heterocycles. The summed E-state index contributed by atoms with van der Waals surface area (Å²) in [6, 6.07) is -0.170. The van der Waals surface area contributed by atoms with E-state index in [4.69, 9.17) is 10.8 Å². The van der Waals surface area contributed by atoms with Gasteiger partial charge in [0, 0.05) is 18.1 Å². The Morgan fingerprint density at radius 3 is 2.54 bits per heavy atom. The van der Waals surface area contributed by atoms with Gasteiger partial charge in [-0.15, -0.1) is 0 Å². The minimum absolute atomic E-state index is 0.0110. The maximum Gasteiger partial charge on any atom is 0.150 e. The van der Waals surface area contributed by atoms with Gasteiger partial charge in [0.1, 0.15) is 0 Å². The van der Waals surface area contributed by atoms with Crippen molar-refractivity contribution < 1.29 is 13.5 Å². The Morgan fingerprint density at radius 1 is 1.62 bits per heavy atom. The molecule has 1 rings (SSSR count). The van der Waals surface area contributed by atoms with Crippen LogP contribution in [0.2, 0.25) is 0 Å². The fourth-order valence-electron chi connectivity index (χ4n) is 1.95. The van der Waals surface area contributed by atoms with Crippen LogP contribution in [0.5, 0.6) is 0 Å². The summed E-state index contributed by atoms with van der Waals surface area (Å²) in [4.78, 5) is 0. The van der Waals surface area contributed by atoms with E-state index in [0.29, 0.717) is 12.8 Å². The highest BCUT2D eigenvalue weighted by Gasteiger charge is 2.44. The van der Waals surface area contributed by atoms with Crippen molar-refractivity contribution in [3.8, 4) is 0 Å². The van der Waals surface area contributed by atoms with E-state index in [1.807, 2.05) is 6.92 Å². The Labute approximate surface area is 79.0 Å². The molecule has 2 atom stereocenters. The van der Waals surface area contributed by atoms with E-state index >= 15 is 0 Å². The first-order valence-corrected chi connectivity index (χ1v) is 6.31. The summed E-state index contributed by atoms with van der Waals surface area (Å²) in [6.45, 7) is 1.83. The molecule has 78 valence electrons. The molecule has 13 heavy (non-hydrogen) atoms. The van der Waals surface area contributed by atoms with Crippen LogP contribution in [0.15, 0.2) is 0 Å². The van der Waals surface area contributed by atoms with E-state index in [9.17, 15) is 8.42 Å². The van der Waals surface area contributed by atoms with Crippen molar-refractivity contribution in [1.29, 1.82) is 0 Å². The maximum atomic E-state index is 11.3. The maximum absolute atomic E-state index is 11.3. The van der Waals surface area contributed by atoms with Crippen LogP contribution in [0.1, 0.15) is 19.8 Å². The number of hydrogen-bond acceptors (Lipinski definition) is 4. The number of rotatable bonds is 3. The van der Waals surface area contributed by atoms with Crippen LogP contribution in [-0.4, -0.2) is 37.7 Å². The number of aliphatic hydroxyl groups is 1. The first-order valence-electron chi connectivity index (χ1n) is 4.49. The molecule has 0 aromatic rings. The van der Waals surface area contributed by atoms with Gasteiger partial charge in [0.05, 0.1) is 11.5 Å². The number of nitrogens with two attached hydrogens (primary N) is 1. The zero-order valence-corrected chi connectivity index (χ0v) is 8.68. The fourth-order valence-corrected chi connectivity index (χ4v) is 4.24. The minimum Gasteiger partial charge on any atom is -0.396 e. The molecule has 0 amide bonds. The summed E-state index contributed by atoms with van der Waals surface area (Å²) in [7, 11) is -2.91. The highest BCUT2D eigenvalue weighted by atomic mass is 32.2. The Kier molecular flexibility index (Phi) is 2.99. The third-order valence-corrected chi connectivity index (χ3v) is 4.83. The van der Waals surface area contributed by atoms with Crippen molar-refractivity contribution in [3.63, 3.8) is 0 Å². The lowest BCUT2D eigenvalue weighted by atomic mass is 9.78. The first kappa shape index (κ1) is 10.9. The van der Waals surface area contributed by atoms with Crippen LogP contribution in [0.25, 0.3) is 0 Å². The average molecular weight is 207 g/mol. The summed E-state index contributed by atoms with van der Waals surface area (Å²) >= 11 is 0. The monoisotopic (exact) mass is 207 g/mol. The zero-order valence-electron chi connectivity index (χ0n) is 7.86. The van der Waals surface area contributed by atoms with E-state index in [1.165, 1.54) is 0 Å². The lowest BCUT2D eigenvalue weighted by Gasteiger charge is -2.30. The number of sulfone groups is 1. The summed E-state index contributed by atoms with van der Waals surface area (Å²) in [5.74, 6) is 0.354. The third-order valence-electron chi connectivity index (χ3n) is 2.99. The van der Waals surface area contributed by atoms with Gasteiger partial charge < -0.3 is 10.8 Å². The SMILES string of the molecule is CC(N)C1(CCO)CCS(=O)(=O)C1. The fraction of sp³-hybridized carbons (Fsp3) is 1.00. The van der Waals surface area contributed by atoms with Gasteiger partial charge in [-0.05, 0) is 19.8 Å². The van der Waals surface area contributed by atoms with Crippen LogP contribution < -0.4 is 5.73 Å². The Balaban J connectivity index is 2.83. The molecule has 0 saturated carbocycles. The lowest BCUT2D eigenvalue weighted by Crippen LogP contribution is -2.41. The van der Waals surface area contributed by atoms with Gasteiger partial charge >= 0.3 is 0 Å². The van der Waals surface area contributed by atoms with Gasteiger partial charge in [-0.2, -0.15) is 0 Å². The normalized spacial score (nSPS) is 34.7. The minimum atomic E-state index is -2.91. The molecule has 1 aliphatic rings. The van der Waals surface area contributed by atoms with Crippen molar-refractivity contribution in [2.24, 2.45) is 11.1 Å². The molecule has 5 heteroatoms. The molecule has 2 unspecified atom stereocenters. The van der Waals surface area contributed by atoms with Gasteiger partial charge in [0.2, 0.25) is 0 Å². The van der Waals surface area contributed by atoms with Gasteiger partial charge in [-0.25, -0.2) is 8.42 Å². The Bertz CT molecular complexity index is 273. The van der Waals surface area contributed by atoms with E-state index in [2.05, 4.69) is 0 Å². The van der Waals surface area contributed by atoms with E-state index in [1.54, 1.807) is 0 Å². The molecule has 0 bridgehead atoms. The Hall–Kier alpha value is -0.130. The molecule has 1 fully saturated rings. The largest absolute Gasteiger partial charge is 0.396 e. The third kappa shape index (κ3) is 2.21. The molecular formula is C8H17NO3S. The molecule has 3 N–H and O–H groups in total. The van der Waals surface area contributed by atoms with Crippen molar-refractivity contribution in [1.82, 2.24) is 0 Å². The predicted octanol–water partition coefficient (Wildman–Crippen LogP) is -0.479. The van der Waals surface area contributed by atoms with Crippen molar-refractivity contribution in [2.45, 2.75) is 25.8 Å². The van der Waals surface area contributed by atoms with Crippen molar-refractivity contribution in [2.75, 3.05) is 18.1 Å². The first-order chi connectivity index (χ1) is 5.92. The summed E-state index contributed by atoms with van der Waals surface area (Å²) in [5, 5.41) is 8.86. The second-order valence-electron chi connectivity index (χ2n) is 3.97. The van der Waals surface area contributed by atoms with Gasteiger partial charge in [-0.3, -0.25) is 0 Å². The van der Waals surface area contributed by atoms with Crippen LogP contribution in [0.3, 0.4) is 0 Å². The van der Waals surface area contributed by atoms with Crippen LogP contribution >= 0.6 is 0 Å². The smallest absolute Gasteiger partial charge is 0.150 e. The van der Waals surface area contributed by atoms with E-state index in [-0.39, 0.29) is 29.6 Å². The van der Waals surface area contributed by atoms with Crippen LogP contribution in [0, 0.1) is 5.41 Å². The van der Waals surface area contributed by atoms with Gasteiger partial charge in [0.25, 0.3) is 0 Å². The van der Waals surface area contributed by atoms with Gasteiger partial charge in [0.15, 0.2) is 9.84 Å². The van der Waals surface area contributed by atoms with Crippen molar-refractivity contribution in [3.05, 3.63) is 0 Å². The van der Waals surface area contributed by atoms with Crippen LogP contribution in [0.4, 0.5) is 0 Å². The second kappa shape index (κ2) is 3.55. The van der Waals surface area contributed by atoms with Crippen molar-refractivity contribution >= 4 is 9.84 Å². The molecule has 1 aliphatic heterocycles. The molecule has 1 heterocycles. The summed E-state index contributed by atoms with van der Waals surface area (Å²) < 4.78 is 22.6. The van der Waals surface area contributed by atoms with Crippen LogP contribution in [-0.2, 0) is 9.84 Å². The molecule has 0 aromatic carbocycles. The molecule has 0 aromatic heterocycles. The predicted molar refractivity (Wildman–Crippen MR) is 51.1 cm³/mol. The highest BCUT2D eigenvalue weighted by Crippen LogP contribution is 2.37. The van der Waals surface area contributed by atoms with E-state index < -0.39 is 9.84 Å². The second-order valence-corrected chi connectivity index (χ2v) is 6.15. The highest BCUT2D eigenvalue weighted by molar-refractivity contribution is 7.91. The van der Waals surface area contributed by atoms with E-state index in [0.717, 1.165) is 0 Å². The standard InChI is InChI=1S/C8H17NO3S/c1-7(9)8(2-4-10)3-5-13(11,12)6-8/h7,10H,2-6,9H2,1H3. The zero-order chi connectivity index (χ0) is 10.1. The summed E-state index contributed by atoms with van der Waals surface area (Å²) in [6.07, 6.45) is 1.08. The molecule has 0 spiro atoms. The quantitative estimate of drug-likeness (QED) is 0.655. The average Bonchev–Trinajstić information content (AvgIpc) is 2.28. The Morgan fingerprint density at radius 2 is 2.23 bits per heavy atom. The number of hydrogen-bond donors (Lipinski definition) is 2. The topological polar surface area (TPSA) is 80.4 Å². The summed E-state index contributed by atoms with van der Waals surface area (Å²) in [5.41, 5.74) is 5.38. The molecule has 4 nitrogen and oxygen atoms in total. The molecule has 0 aliphatic carbocycles. The molecule has 0 radical (unpaired) electrons. The molecular weight excluding hydrogens is 190 g/mol. The number of aliphatic hydroxyl groups excluding tert-OH is 1.